The topological polar surface area (TPSA) is 172 Å². The fraction of sp³-hybridized carbons (Fsp3) is 0.667. The zero-order chi connectivity index (χ0) is 30.2. The molecule has 2 fully saturated rings. The van der Waals surface area contributed by atoms with Crippen LogP contribution in [0.5, 0.6) is 0 Å². The Bertz CT molecular complexity index is 1060. The van der Waals surface area contributed by atoms with E-state index in [1.807, 2.05) is 51.1 Å². The highest BCUT2D eigenvalue weighted by molar-refractivity contribution is 5.98. The van der Waals surface area contributed by atoms with Gasteiger partial charge in [-0.05, 0) is 56.6 Å². The summed E-state index contributed by atoms with van der Waals surface area (Å²) in [6, 6.07) is 6.06. The molecule has 2 aliphatic rings. The Kier molecular flexibility index (Phi) is 15.9. The summed E-state index contributed by atoms with van der Waals surface area (Å²) < 4.78 is 0. The van der Waals surface area contributed by atoms with E-state index in [-0.39, 0.29) is 48.7 Å². The molecule has 0 aliphatic carbocycles. The van der Waals surface area contributed by atoms with Crippen molar-refractivity contribution in [2.45, 2.75) is 108 Å². The third kappa shape index (κ3) is 10.0. The molecular formula is C30H51Cl2N7O4. The molecule has 4 amide bonds. The molecule has 0 bridgehead atoms. The first-order valence-electron chi connectivity index (χ1n) is 14.9. The Balaban J connectivity index is 0.00000462. The van der Waals surface area contributed by atoms with Crippen molar-refractivity contribution in [2.24, 2.45) is 17.4 Å². The molecule has 244 valence electrons. The Morgan fingerprint density at radius 1 is 1.05 bits per heavy atom. The normalized spacial score (nSPS) is 23.1. The molecule has 3 rings (SSSR count). The van der Waals surface area contributed by atoms with E-state index in [9.17, 15) is 19.2 Å². The maximum Gasteiger partial charge on any atom is 0.318 e. The highest BCUT2D eigenvalue weighted by atomic mass is 35.5. The van der Waals surface area contributed by atoms with Gasteiger partial charge in [0, 0.05) is 7.05 Å². The van der Waals surface area contributed by atoms with E-state index in [0.717, 1.165) is 18.4 Å². The second-order valence-corrected chi connectivity index (χ2v) is 12.0. The fourth-order valence-electron chi connectivity index (χ4n) is 6.09. The Hall–Kier alpha value is -2.44. The van der Waals surface area contributed by atoms with E-state index in [0.29, 0.717) is 45.1 Å². The zero-order valence-electron chi connectivity index (χ0n) is 25.8. The number of benzene rings is 1. The number of nitrogens with one attached hydrogen (secondary N) is 4. The molecule has 2 saturated heterocycles. The number of hydrogen-bond donors (Lipinski definition) is 6. The van der Waals surface area contributed by atoms with Crippen LogP contribution in [0.25, 0.3) is 0 Å². The van der Waals surface area contributed by atoms with Crippen LogP contribution in [0.15, 0.2) is 30.3 Å². The second-order valence-electron chi connectivity index (χ2n) is 12.0. The summed E-state index contributed by atoms with van der Waals surface area (Å²) in [6.07, 6.45) is 4.27. The lowest BCUT2D eigenvalue weighted by Crippen LogP contribution is -2.76. The second kappa shape index (κ2) is 17.8. The number of nitrogens with zero attached hydrogens (tertiary/aromatic N) is 1. The number of amides is 4. The number of carbonyl (C=O) groups excluding carboxylic acids is 4. The molecule has 13 heteroatoms. The van der Waals surface area contributed by atoms with Crippen molar-refractivity contribution in [2.75, 3.05) is 13.6 Å². The van der Waals surface area contributed by atoms with Crippen molar-refractivity contribution >= 4 is 48.4 Å². The molecule has 11 nitrogen and oxygen atoms in total. The SMILES string of the molecule is CCCC[C@@H](NC(=O)[C@@H](CC(C)C)NC(=O)[C@H](N)Cc1ccccc1)C(=O)[C@H]1CC2(CCNC(N)C2)N1C(=O)NC.Cl.Cl. The van der Waals surface area contributed by atoms with Crippen LogP contribution in [-0.4, -0.2) is 78.0 Å². The highest BCUT2D eigenvalue weighted by Gasteiger charge is 2.58. The molecule has 0 saturated carbocycles. The van der Waals surface area contributed by atoms with E-state index in [1.165, 1.54) is 0 Å². The molecule has 2 aliphatic heterocycles. The van der Waals surface area contributed by atoms with Gasteiger partial charge in [-0.25, -0.2) is 4.79 Å². The van der Waals surface area contributed by atoms with Crippen LogP contribution in [0, 0.1) is 5.92 Å². The summed E-state index contributed by atoms with van der Waals surface area (Å²) in [5.41, 5.74) is 12.8. The minimum absolute atomic E-state index is 0. The van der Waals surface area contributed by atoms with E-state index in [1.54, 1.807) is 11.9 Å². The van der Waals surface area contributed by atoms with Gasteiger partial charge in [-0.1, -0.05) is 63.9 Å². The van der Waals surface area contributed by atoms with Crippen molar-refractivity contribution in [1.29, 1.82) is 0 Å². The molecule has 0 radical (unpaired) electrons. The maximum absolute atomic E-state index is 13.9. The number of Topliss-reactive ketones (excluding diaryl/α,β-unsaturated/α-hetero) is 1. The molecule has 8 N–H and O–H groups in total. The van der Waals surface area contributed by atoms with Gasteiger partial charge in [0.25, 0.3) is 0 Å². The molecule has 43 heavy (non-hydrogen) atoms. The number of likely N-dealkylation sites (tertiary alicyclic amines) is 1. The number of urea groups is 1. The Morgan fingerprint density at radius 3 is 2.28 bits per heavy atom. The molecule has 0 aromatic heterocycles. The van der Waals surface area contributed by atoms with E-state index in [2.05, 4.69) is 21.3 Å². The van der Waals surface area contributed by atoms with Gasteiger partial charge in [0.15, 0.2) is 5.78 Å². The summed E-state index contributed by atoms with van der Waals surface area (Å²) in [5.74, 6) is -0.915. The summed E-state index contributed by atoms with van der Waals surface area (Å²) in [6.45, 7) is 6.61. The first kappa shape index (κ1) is 38.6. The van der Waals surface area contributed by atoms with Gasteiger partial charge in [0.1, 0.15) is 6.04 Å². The van der Waals surface area contributed by atoms with Crippen LogP contribution in [0.2, 0.25) is 0 Å². The Morgan fingerprint density at radius 2 is 1.70 bits per heavy atom. The van der Waals surface area contributed by atoms with Crippen LogP contribution in [0.3, 0.4) is 0 Å². The Labute approximate surface area is 268 Å². The molecule has 1 aromatic rings. The monoisotopic (exact) mass is 643 g/mol. The van der Waals surface area contributed by atoms with Crippen molar-refractivity contribution in [3.8, 4) is 0 Å². The van der Waals surface area contributed by atoms with Crippen LogP contribution < -0.4 is 32.7 Å². The van der Waals surface area contributed by atoms with E-state index in [4.69, 9.17) is 11.5 Å². The largest absolute Gasteiger partial charge is 0.344 e. The van der Waals surface area contributed by atoms with E-state index < -0.39 is 41.5 Å². The number of unbranched alkanes of at least 4 members (excludes halogenated alkanes) is 1. The summed E-state index contributed by atoms with van der Waals surface area (Å²) in [4.78, 5) is 55.1. The fourth-order valence-corrected chi connectivity index (χ4v) is 6.09. The first-order chi connectivity index (χ1) is 19.5. The number of halogens is 2. The van der Waals surface area contributed by atoms with Gasteiger partial charge < -0.3 is 37.6 Å². The molecule has 6 atom stereocenters. The molecule has 1 aromatic carbocycles. The third-order valence-corrected chi connectivity index (χ3v) is 8.24. The van der Waals surface area contributed by atoms with Gasteiger partial charge >= 0.3 is 6.03 Å². The predicted octanol–water partition coefficient (Wildman–Crippen LogP) is 2.00. The number of ketones is 1. The summed E-state index contributed by atoms with van der Waals surface area (Å²) >= 11 is 0. The van der Waals surface area contributed by atoms with Crippen molar-refractivity contribution < 1.29 is 19.2 Å². The van der Waals surface area contributed by atoms with Crippen LogP contribution in [0.4, 0.5) is 4.79 Å². The lowest BCUT2D eigenvalue weighted by atomic mass is 9.69. The van der Waals surface area contributed by atoms with Gasteiger partial charge in [0.2, 0.25) is 11.8 Å². The van der Waals surface area contributed by atoms with Crippen molar-refractivity contribution in [3.05, 3.63) is 35.9 Å². The summed E-state index contributed by atoms with van der Waals surface area (Å²) in [7, 11) is 1.55. The highest BCUT2D eigenvalue weighted by Crippen LogP contribution is 2.44. The lowest BCUT2D eigenvalue weighted by Gasteiger charge is -2.60. The van der Waals surface area contributed by atoms with Crippen molar-refractivity contribution in [1.82, 2.24) is 26.2 Å². The van der Waals surface area contributed by atoms with Crippen molar-refractivity contribution in [3.63, 3.8) is 0 Å². The smallest absolute Gasteiger partial charge is 0.318 e. The average Bonchev–Trinajstić information content (AvgIpc) is 2.93. The molecule has 1 spiro atoms. The van der Waals surface area contributed by atoms with Crippen LogP contribution in [0.1, 0.15) is 71.3 Å². The van der Waals surface area contributed by atoms with Gasteiger partial charge in [-0.2, -0.15) is 0 Å². The van der Waals surface area contributed by atoms with Gasteiger partial charge in [-0.3, -0.25) is 14.4 Å². The van der Waals surface area contributed by atoms with E-state index >= 15 is 0 Å². The van der Waals surface area contributed by atoms with Crippen LogP contribution in [-0.2, 0) is 20.8 Å². The minimum atomic E-state index is -0.841. The predicted molar refractivity (Wildman–Crippen MR) is 173 cm³/mol. The first-order valence-corrected chi connectivity index (χ1v) is 14.9. The minimum Gasteiger partial charge on any atom is -0.344 e. The number of nitrogens with two attached hydrogens (primary N) is 2. The number of carbonyl (C=O) groups is 4. The summed E-state index contributed by atoms with van der Waals surface area (Å²) in [5, 5.41) is 11.6. The quantitative estimate of drug-likeness (QED) is 0.191. The number of piperidine rings is 1. The molecule has 2 unspecified atom stereocenters. The lowest BCUT2D eigenvalue weighted by molar-refractivity contribution is -0.143. The zero-order valence-corrected chi connectivity index (χ0v) is 27.4. The average molecular weight is 645 g/mol. The van der Waals surface area contributed by atoms with Gasteiger partial charge in [-0.15, -0.1) is 24.8 Å². The number of rotatable bonds is 13. The molecule has 2 heterocycles. The third-order valence-electron chi connectivity index (χ3n) is 8.24. The van der Waals surface area contributed by atoms with Crippen LogP contribution >= 0.6 is 24.8 Å². The van der Waals surface area contributed by atoms with Gasteiger partial charge in [0.05, 0.1) is 29.8 Å². The standard InChI is InChI=1S/C30H49N7O4.2ClH/c1-5-6-12-22(26(38)24-17-30(37(24)29(41)33-4)13-14-34-25(32)18-30)35-28(40)23(15-19(2)3)36-27(39)21(31)16-20-10-8-7-9-11-20;;/h7-11,19,21-25,34H,5-6,12-18,31-32H2,1-4H3,(H,33,41)(H,35,40)(H,36,39);2*1H/t21-,22-,23-,24-,25?,30?;;/m1../s1. The maximum atomic E-state index is 13.9. The number of hydrogen-bond acceptors (Lipinski definition) is 7. The molecular weight excluding hydrogens is 593 g/mol.